The van der Waals surface area contributed by atoms with Crippen molar-refractivity contribution in [2.24, 2.45) is 0 Å². The van der Waals surface area contributed by atoms with Crippen LogP contribution in [0.4, 0.5) is 4.79 Å². The van der Waals surface area contributed by atoms with E-state index in [-0.39, 0.29) is 5.91 Å². The summed E-state index contributed by atoms with van der Waals surface area (Å²) in [7, 11) is 0. The molecule has 0 aromatic carbocycles. The van der Waals surface area contributed by atoms with Crippen LogP contribution in [0.2, 0.25) is 0 Å². The van der Waals surface area contributed by atoms with Gasteiger partial charge < -0.3 is 24.8 Å². The van der Waals surface area contributed by atoms with E-state index in [9.17, 15) is 9.59 Å². The second-order valence-electron chi connectivity index (χ2n) is 7.83. The first-order chi connectivity index (χ1) is 14.3. The summed E-state index contributed by atoms with van der Waals surface area (Å²) in [6.07, 6.45) is 4.95. The number of nitrogens with zero attached hydrogens (tertiary/aromatic N) is 3. The lowest BCUT2D eigenvalue weighted by Gasteiger charge is -2.19. The highest BCUT2D eigenvalue weighted by Gasteiger charge is 2.15. The zero-order chi connectivity index (χ0) is 22.2. The predicted molar refractivity (Wildman–Crippen MR) is 112 cm³/mol. The molecule has 0 aliphatic rings. The molecule has 172 valence electrons. The number of ether oxygens (including phenoxy) is 3. The van der Waals surface area contributed by atoms with E-state index in [4.69, 9.17) is 14.2 Å². The molecule has 0 atom stereocenters. The highest BCUT2D eigenvalue weighted by atomic mass is 16.6. The molecule has 1 heterocycles. The van der Waals surface area contributed by atoms with Gasteiger partial charge in [-0.1, -0.05) is 18.6 Å². The summed E-state index contributed by atoms with van der Waals surface area (Å²) in [5, 5.41) is 13.5. The molecule has 0 bridgehead atoms. The summed E-state index contributed by atoms with van der Waals surface area (Å²) in [5.41, 5.74) is 0.478. The van der Waals surface area contributed by atoms with E-state index in [1.165, 1.54) is 0 Å². The Labute approximate surface area is 179 Å². The molecule has 0 saturated carbocycles. The fourth-order valence-corrected chi connectivity index (χ4v) is 2.34. The highest BCUT2D eigenvalue weighted by molar-refractivity contribution is 5.75. The van der Waals surface area contributed by atoms with Crippen LogP contribution in [-0.4, -0.2) is 72.1 Å². The van der Waals surface area contributed by atoms with E-state index >= 15 is 0 Å². The second kappa shape index (κ2) is 14.7. The fraction of sp³-hybridized carbons (Fsp3) is 0.800. The van der Waals surface area contributed by atoms with Crippen LogP contribution in [0.5, 0.6) is 0 Å². The van der Waals surface area contributed by atoms with Crippen molar-refractivity contribution in [3.8, 4) is 0 Å². The van der Waals surface area contributed by atoms with Gasteiger partial charge in [-0.2, -0.15) is 0 Å². The van der Waals surface area contributed by atoms with Gasteiger partial charge in [-0.3, -0.25) is 4.79 Å². The first-order valence-electron chi connectivity index (χ1n) is 10.6. The normalized spacial score (nSPS) is 11.3. The minimum absolute atomic E-state index is 0.0897. The molecule has 1 aromatic heterocycles. The molecule has 1 aromatic rings. The number of nitrogens with one attached hydrogen (secondary N) is 2. The van der Waals surface area contributed by atoms with Gasteiger partial charge in [0.15, 0.2) is 0 Å². The molecule has 0 spiro atoms. The Balaban J connectivity index is 1.93. The van der Waals surface area contributed by atoms with Crippen LogP contribution in [0.3, 0.4) is 0 Å². The number of hydrogen-bond donors (Lipinski definition) is 2. The van der Waals surface area contributed by atoms with Crippen molar-refractivity contribution >= 4 is 12.0 Å². The van der Waals surface area contributed by atoms with Gasteiger partial charge in [0.25, 0.3) is 0 Å². The Hall–Kier alpha value is -2.20. The van der Waals surface area contributed by atoms with Crippen molar-refractivity contribution in [3.63, 3.8) is 0 Å². The minimum Gasteiger partial charge on any atom is -0.444 e. The smallest absolute Gasteiger partial charge is 0.407 e. The van der Waals surface area contributed by atoms with E-state index in [1.807, 2.05) is 6.20 Å². The molecule has 2 N–H and O–H groups in total. The third kappa shape index (κ3) is 13.9. The highest BCUT2D eigenvalue weighted by Crippen LogP contribution is 2.06. The largest absolute Gasteiger partial charge is 0.444 e. The number of hydrogen-bond acceptors (Lipinski definition) is 7. The van der Waals surface area contributed by atoms with Gasteiger partial charge in [0.1, 0.15) is 5.60 Å². The Bertz CT molecular complexity index is 615. The predicted octanol–water partition coefficient (Wildman–Crippen LogP) is 1.68. The second-order valence-corrected chi connectivity index (χ2v) is 7.83. The summed E-state index contributed by atoms with van der Waals surface area (Å²) >= 11 is 0. The van der Waals surface area contributed by atoms with Crippen LogP contribution in [0.1, 0.15) is 52.7 Å². The number of carbonyl (C=O) groups excluding carboxylic acids is 2. The van der Waals surface area contributed by atoms with Gasteiger partial charge in [0.2, 0.25) is 5.91 Å². The number of aromatic nitrogens is 3. The van der Waals surface area contributed by atoms with E-state index in [1.54, 1.807) is 25.5 Å². The van der Waals surface area contributed by atoms with E-state index in [0.717, 1.165) is 25.0 Å². The lowest BCUT2D eigenvalue weighted by Crippen LogP contribution is -2.34. The van der Waals surface area contributed by atoms with Crippen molar-refractivity contribution in [1.82, 2.24) is 25.6 Å². The molecular weight excluding hydrogens is 390 g/mol. The molecule has 0 radical (unpaired) electrons. The van der Waals surface area contributed by atoms with Gasteiger partial charge in [0, 0.05) is 25.7 Å². The van der Waals surface area contributed by atoms with Crippen molar-refractivity contribution < 1.29 is 23.8 Å². The molecule has 0 aliphatic heterocycles. The minimum atomic E-state index is -0.521. The van der Waals surface area contributed by atoms with Gasteiger partial charge in [-0.25, -0.2) is 9.48 Å². The molecule has 1 rings (SSSR count). The molecule has 10 heteroatoms. The van der Waals surface area contributed by atoms with Crippen LogP contribution in [0.25, 0.3) is 0 Å². The van der Waals surface area contributed by atoms with Crippen LogP contribution in [0, 0.1) is 0 Å². The number of aryl methyl sites for hydroxylation is 1. The average Bonchev–Trinajstić information content (AvgIpc) is 3.11. The lowest BCUT2D eigenvalue weighted by atomic mass is 10.2. The Morgan fingerprint density at radius 2 is 1.77 bits per heavy atom. The standard InChI is InChI=1S/C20H37N5O5/c1-5-6-7-17-16-25(24-23-17)11-15-28-12-8-18(26)21-9-13-29-14-10-22-19(27)30-20(2,3)4/h16H,5-15H2,1-4H3,(H,21,26)(H,22,27). The maximum atomic E-state index is 11.7. The van der Waals surface area contributed by atoms with Crippen LogP contribution >= 0.6 is 0 Å². The van der Waals surface area contributed by atoms with E-state index in [0.29, 0.717) is 52.5 Å². The van der Waals surface area contributed by atoms with Crippen LogP contribution < -0.4 is 10.6 Å². The molecule has 0 aliphatic carbocycles. The first-order valence-corrected chi connectivity index (χ1v) is 10.6. The van der Waals surface area contributed by atoms with E-state index in [2.05, 4.69) is 27.9 Å². The third-order valence-corrected chi connectivity index (χ3v) is 3.79. The zero-order valence-electron chi connectivity index (χ0n) is 18.7. The quantitative estimate of drug-likeness (QED) is 0.409. The topological polar surface area (TPSA) is 117 Å². The third-order valence-electron chi connectivity index (χ3n) is 3.79. The van der Waals surface area contributed by atoms with Gasteiger partial charge in [0.05, 0.1) is 38.7 Å². The maximum Gasteiger partial charge on any atom is 0.407 e. The molecule has 0 saturated heterocycles. The molecule has 30 heavy (non-hydrogen) atoms. The van der Waals surface area contributed by atoms with Crippen molar-refractivity contribution in [2.45, 2.75) is 65.5 Å². The molecule has 0 unspecified atom stereocenters. The summed E-state index contributed by atoms with van der Waals surface area (Å²) in [6, 6.07) is 0. The van der Waals surface area contributed by atoms with E-state index < -0.39 is 11.7 Å². The maximum absolute atomic E-state index is 11.7. The Morgan fingerprint density at radius 1 is 1.07 bits per heavy atom. The number of unbranched alkanes of at least 4 members (excludes halogenated alkanes) is 1. The van der Waals surface area contributed by atoms with Crippen molar-refractivity contribution in [1.29, 1.82) is 0 Å². The SMILES string of the molecule is CCCCc1cn(CCOCCC(=O)NCCOCCNC(=O)OC(C)(C)C)nn1. The summed E-state index contributed by atoms with van der Waals surface area (Å²) in [6.45, 7) is 10.5. The van der Waals surface area contributed by atoms with Crippen molar-refractivity contribution in [3.05, 3.63) is 11.9 Å². The first kappa shape index (κ1) is 25.8. The van der Waals surface area contributed by atoms with Crippen molar-refractivity contribution in [2.75, 3.05) is 39.5 Å². The number of alkyl carbamates (subject to hydrolysis) is 1. The van der Waals surface area contributed by atoms with Gasteiger partial charge in [-0.15, -0.1) is 5.10 Å². The van der Waals surface area contributed by atoms with Gasteiger partial charge in [-0.05, 0) is 33.6 Å². The Morgan fingerprint density at radius 3 is 2.47 bits per heavy atom. The molecular formula is C20H37N5O5. The van der Waals surface area contributed by atoms with Gasteiger partial charge >= 0.3 is 6.09 Å². The Kier molecular flexibility index (Phi) is 12.7. The summed E-state index contributed by atoms with van der Waals surface area (Å²) < 4.78 is 17.7. The zero-order valence-corrected chi connectivity index (χ0v) is 18.7. The average molecular weight is 428 g/mol. The summed E-state index contributed by atoms with van der Waals surface area (Å²) in [4.78, 5) is 23.2. The monoisotopic (exact) mass is 427 g/mol. The molecule has 2 amide bonds. The number of amides is 2. The number of carbonyl (C=O) groups is 2. The van der Waals surface area contributed by atoms with Crippen LogP contribution in [-0.2, 0) is 32.0 Å². The lowest BCUT2D eigenvalue weighted by molar-refractivity contribution is -0.122. The molecule has 10 nitrogen and oxygen atoms in total. The van der Waals surface area contributed by atoms with Crippen LogP contribution in [0.15, 0.2) is 6.20 Å². The molecule has 0 fully saturated rings. The fourth-order valence-electron chi connectivity index (χ4n) is 2.34. The summed E-state index contributed by atoms with van der Waals surface area (Å²) in [5.74, 6) is -0.0897. The number of rotatable bonds is 15.